The van der Waals surface area contributed by atoms with Gasteiger partial charge in [0.1, 0.15) is 0 Å². The van der Waals surface area contributed by atoms with Crippen molar-refractivity contribution in [2.75, 3.05) is 19.6 Å². The fourth-order valence-corrected chi connectivity index (χ4v) is 5.59. The number of hydrogen-bond acceptors (Lipinski definition) is 3. The molecule has 0 spiro atoms. The van der Waals surface area contributed by atoms with E-state index in [9.17, 15) is 13.2 Å². The van der Waals surface area contributed by atoms with Crippen LogP contribution in [0.2, 0.25) is 10.0 Å². The number of piperidine rings is 1. The number of nitrogens with zero attached hydrogens (tertiary/aromatic N) is 1. The maximum Gasteiger partial charge on any atom is 0.224 e. The molecule has 2 atom stereocenters. The standard InChI is InChI=1S/C21H32Cl2N2O3S/c1-3-5-7-16(4-2)13-24-21(26)18-8-6-11-25(14-18)29(27,28)15-17-9-10-19(22)20(23)12-17/h9-10,12,16,18H,3-8,11,13-15H2,1-2H3,(H,24,26)/t16-,18+/m0/s1. The zero-order valence-corrected chi connectivity index (χ0v) is 19.6. The summed E-state index contributed by atoms with van der Waals surface area (Å²) in [5.74, 6) is 0.00930. The topological polar surface area (TPSA) is 66.5 Å². The van der Waals surface area contributed by atoms with Crippen LogP contribution >= 0.6 is 23.2 Å². The molecule has 1 fully saturated rings. The summed E-state index contributed by atoms with van der Waals surface area (Å²) in [5, 5.41) is 3.79. The van der Waals surface area contributed by atoms with Crippen molar-refractivity contribution in [1.29, 1.82) is 0 Å². The van der Waals surface area contributed by atoms with Crippen molar-refractivity contribution in [2.45, 2.75) is 58.1 Å². The molecule has 0 saturated carbocycles. The van der Waals surface area contributed by atoms with Gasteiger partial charge in [-0.2, -0.15) is 0 Å². The Hall–Kier alpha value is -0.820. The SMILES string of the molecule is CCCC[C@H](CC)CNC(=O)[C@@H]1CCCN(S(=O)(=O)Cc2ccc(Cl)c(Cl)c2)C1. The van der Waals surface area contributed by atoms with Crippen molar-refractivity contribution in [1.82, 2.24) is 9.62 Å². The Labute approximate surface area is 185 Å². The third-order valence-electron chi connectivity index (χ3n) is 5.59. The van der Waals surface area contributed by atoms with Gasteiger partial charge in [0, 0.05) is 19.6 Å². The first kappa shape index (κ1) is 24.4. The molecule has 1 heterocycles. The molecule has 1 aliphatic rings. The van der Waals surface area contributed by atoms with Crippen LogP contribution in [0.4, 0.5) is 0 Å². The summed E-state index contributed by atoms with van der Waals surface area (Å²) in [5.41, 5.74) is 0.590. The number of carbonyl (C=O) groups is 1. The molecule has 2 rings (SSSR count). The van der Waals surface area contributed by atoms with E-state index in [0.717, 1.165) is 25.7 Å². The summed E-state index contributed by atoms with van der Waals surface area (Å²) in [6, 6.07) is 4.85. The van der Waals surface area contributed by atoms with Crippen molar-refractivity contribution in [3.63, 3.8) is 0 Å². The molecule has 0 radical (unpaired) electrons. The Bertz CT molecular complexity index is 786. The largest absolute Gasteiger partial charge is 0.356 e. The summed E-state index contributed by atoms with van der Waals surface area (Å²) in [7, 11) is -3.53. The van der Waals surface area contributed by atoms with Crippen molar-refractivity contribution >= 4 is 39.1 Å². The second-order valence-electron chi connectivity index (χ2n) is 7.86. The summed E-state index contributed by atoms with van der Waals surface area (Å²) in [6.45, 7) is 5.66. The van der Waals surface area contributed by atoms with Crippen LogP contribution in [0.25, 0.3) is 0 Å². The highest BCUT2D eigenvalue weighted by atomic mass is 35.5. The fraction of sp³-hybridized carbons (Fsp3) is 0.667. The highest BCUT2D eigenvalue weighted by Crippen LogP contribution is 2.26. The molecule has 0 bridgehead atoms. The normalized spacial score (nSPS) is 19.1. The number of unbranched alkanes of at least 4 members (excludes halogenated alkanes) is 1. The lowest BCUT2D eigenvalue weighted by molar-refractivity contribution is -0.126. The number of amides is 1. The first-order chi connectivity index (χ1) is 13.8. The summed E-state index contributed by atoms with van der Waals surface area (Å²) in [4.78, 5) is 12.6. The average Bonchev–Trinajstić information content (AvgIpc) is 2.70. The molecule has 164 valence electrons. The van der Waals surface area contributed by atoms with Crippen LogP contribution in [0.15, 0.2) is 18.2 Å². The van der Waals surface area contributed by atoms with Gasteiger partial charge < -0.3 is 5.32 Å². The lowest BCUT2D eigenvalue weighted by atomic mass is 9.96. The van der Waals surface area contributed by atoms with Gasteiger partial charge in [-0.1, -0.05) is 62.4 Å². The van der Waals surface area contributed by atoms with Gasteiger partial charge in [0.15, 0.2) is 0 Å². The number of rotatable bonds is 10. The number of hydrogen-bond donors (Lipinski definition) is 1. The van der Waals surface area contributed by atoms with Crippen LogP contribution in [0.3, 0.4) is 0 Å². The number of halogens is 2. The molecule has 1 aromatic rings. The molecule has 29 heavy (non-hydrogen) atoms. The average molecular weight is 463 g/mol. The van der Waals surface area contributed by atoms with Gasteiger partial charge in [-0.15, -0.1) is 0 Å². The summed E-state index contributed by atoms with van der Waals surface area (Å²) < 4.78 is 27.2. The molecular formula is C21H32Cl2N2O3S. The molecule has 1 N–H and O–H groups in total. The Balaban J connectivity index is 1.94. The Morgan fingerprint density at radius 1 is 1.28 bits per heavy atom. The molecule has 1 aromatic carbocycles. The van der Waals surface area contributed by atoms with Gasteiger partial charge in [-0.3, -0.25) is 4.79 Å². The Kier molecular flexibility index (Phi) is 9.73. The minimum Gasteiger partial charge on any atom is -0.356 e. The zero-order valence-electron chi connectivity index (χ0n) is 17.3. The van der Waals surface area contributed by atoms with Crippen molar-refractivity contribution in [3.05, 3.63) is 33.8 Å². The monoisotopic (exact) mass is 462 g/mol. The van der Waals surface area contributed by atoms with E-state index in [1.165, 1.54) is 10.7 Å². The predicted octanol–water partition coefficient (Wildman–Crippen LogP) is 4.87. The number of sulfonamides is 1. The van der Waals surface area contributed by atoms with E-state index in [0.29, 0.717) is 41.0 Å². The van der Waals surface area contributed by atoms with Crippen LogP contribution in [-0.2, 0) is 20.6 Å². The Morgan fingerprint density at radius 3 is 2.69 bits per heavy atom. The molecular weight excluding hydrogens is 431 g/mol. The van der Waals surface area contributed by atoms with Gasteiger partial charge in [0.05, 0.1) is 21.7 Å². The lowest BCUT2D eigenvalue weighted by Gasteiger charge is -2.31. The molecule has 5 nitrogen and oxygen atoms in total. The van der Waals surface area contributed by atoms with Gasteiger partial charge in [-0.05, 0) is 42.9 Å². The molecule has 8 heteroatoms. The summed E-state index contributed by atoms with van der Waals surface area (Å²) >= 11 is 11.9. The fourth-order valence-electron chi connectivity index (χ4n) is 3.67. The number of benzene rings is 1. The van der Waals surface area contributed by atoms with Crippen molar-refractivity contribution < 1.29 is 13.2 Å². The highest BCUT2D eigenvalue weighted by molar-refractivity contribution is 7.88. The van der Waals surface area contributed by atoms with Gasteiger partial charge >= 0.3 is 0 Å². The zero-order chi connectivity index (χ0) is 21.4. The predicted molar refractivity (Wildman–Crippen MR) is 120 cm³/mol. The summed E-state index contributed by atoms with van der Waals surface area (Å²) in [6.07, 6.45) is 5.87. The van der Waals surface area contributed by atoms with Gasteiger partial charge in [0.25, 0.3) is 0 Å². The number of carbonyl (C=O) groups excluding carboxylic acids is 1. The lowest BCUT2D eigenvalue weighted by Crippen LogP contribution is -2.46. The maximum atomic E-state index is 12.9. The van der Waals surface area contributed by atoms with Gasteiger partial charge in [-0.25, -0.2) is 12.7 Å². The molecule has 0 aliphatic carbocycles. The highest BCUT2D eigenvalue weighted by Gasteiger charge is 2.32. The Morgan fingerprint density at radius 2 is 2.03 bits per heavy atom. The second-order valence-corrected chi connectivity index (χ2v) is 10.6. The maximum absolute atomic E-state index is 12.9. The minimum atomic E-state index is -3.53. The van der Waals surface area contributed by atoms with E-state index in [-0.39, 0.29) is 24.1 Å². The second kappa shape index (κ2) is 11.5. The molecule has 1 aliphatic heterocycles. The van der Waals surface area contributed by atoms with E-state index in [1.54, 1.807) is 18.2 Å². The molecule has 1 amide bonds. The van der Waals surface area contributed by atoms with E-state index in [1.807, 2.05) is 0 Å². The van der Waals surface area contributed by atoms with Crippen LogP contribution < -0.4 is 5.32 Å². The van der Waals surface area contributed by atoms with Crippen LogP contribution in [0, 0.1) is 11.8 Å². The van der Waals surface area contributed by atoms with E-state index in [2.05, 4.69) is 19.2 Å². The first-order valence-electron chi connectivity index (χ1n) is 10.5. The van der Waals surface area contributed by atoms with Crippen LogP contribution in [0.5, 0.6) is 0 Å². The first-order valence-corrected chi connectivity index (χ1v) is 12.8. The molecule has 0 aromatic heterocycles. The molecule has 0 unspecified atom stereocenters. The van der Waals surface area contributed by atoms with Crippen molar-refractivity contribution in [3.8, 4) is 0 Å². The smallest absolute Gasteiger partial charge is 0.224 e. The van der Waals surface area contributed by atoms with Gasteiger partial charge in [0.2, 0.25) is 15.9 Å². The third-order valence-corrected chi connectivity index (χ3v) is 8.15. The van der Waals surface area contributed by atoms with E-state index in [4.69, 9.17) is 23.2 Å². The van der Waals surface area contributed by atoms with E-state index < -0.39 is 10.0 Å². The van der Waals surface area contributed by atoms with E-state index >= 15 is 0 Å². The number of nitrogens with one attached hydrogen (secondary N) is 1. The van der Waals surface area contributed by atoms with Crippen molar-refractivity contribution in [2.24, 2.45) is 11.8 Å². The third kappa shape index (κ3) is 7.42. The van der Waals surface area contributed by atoms with Crippen LogP contribution in [0.1, 0.15) is 57.9 Å². The van der Waals surface area contributed by atoms with Crippen LogP contribution in [-0.4, -0.2) is 38.3 Å². The minimum absolute atomic E-state index is 0.0330. The molecule has 1 saturated heterocycles. The quantitative estimate of drug-likeness (QED) is 0.539.